The molecule has 1 amide bonds. The molecular formula is C12H24N2O2. The number of ether oxygens (including phenoxy) is 1. The lowest BCUT2D eigenvalue weighted by Crippen LogP contribution is -2.57. The number of rotatable bonds is 4. The van der Waals surface area contributed by atoms with Crippen molar-refractivity contribution >= 4 is 5.91 Å². The van der Waals surface area contributed by atoms with E-state index in [4.69, 9.17) is 10.5 Å². The largest absolute Gasteiger partial charge is 0.380 e. The molecule has 16 heavy (non-hydrogen) atoms. The Morgan fingerprint density at radius 1 is 1.69 bits per heavy atom. The Morgan fingerprint density at radius 3 is 2.94 bits per heavy atom. The SMILES string of the molecule is COC(C)CNC(=O)C1(N)CCCC(C)C1. The van der Waals surface area contributed by atoms with Crippen LogP contribution in [0, 0.1) is 5.92 Å². The molecule has 1 aliphatic carbocycles. The summed E-state index contributed by atoms with van der Waals surface area (Å²) in [5.41, 5.74) is 5.51. The normalized spacial score (nSPS) is 32.1. The number of amides is 1. The molecule has 0 aromatic carbocycles. The van der Waals surface area contributed by atoms with Crippen molar-refractivity contribution in [3.63, 3.8) is 0 Å². The molecule has 1 rings (SSSR count). The van der Waals surface area contributed by atoms with E-state index in [9.17, 15) is 4.79 Å². The Balaban J connectivity index is 2.45. The van der Waals surface area contributed by atoms with E-state index in [0.29, 0.717) is 12.5 Å². The smallest absolute Gasteiger partial charge is 0.240 e. The molecule has 0 heterocycles. The third-order valence-corrected chi connectivity index (χ3v) is 3.44. The van der Waals surface area contributed by atoms with Crippen molar-refractivity contribution in [2.24, 2.45) is 11.7 Å². The standard InChI is InChI=1S/C12H24N2O2/c1-9-5-4-6-12(13,7-9)11(15)14-8-10(2)16-3/h9-10H,4-8,13H2,1-3H3,(H,14,15). The van der Waals surface area contributed by atoms with Gasteiger partial charge in [-0.05, 0) is 25.7 Å². The maximum atomic E-state index is 12.0. The zero-order chi connectivity index (χ0) is 12.2. The molecule has 0 aromatic heterocycles. The summed E-state index contributed by atoms with van der Waals surface area (Å²) in [7, 11) is 1.64. The molecule has 3 N–H and O–H groups in total. The Morgan fingerprint density at radius 2 is 2.38 bits per heavy atom. The van der Waals surface area contributed by atoms with E-state index in [1.54, 1.807) is 7.11 Å². The zero-order valence-corrected chi connectivity index (χ0v) is 10.6. The van der Waals surface area contributed by atoms with Crippen LogP contribution in [0.1, 0.15) is 39.5 Å². The highest BCUT2D eigenvalue weighted by Crippen LogP contribution is 2.30. The molecule has 0 spiro atoms. The van der Waals surface area contributed by atoms with Gasteiger partial charge in [0.2, 0.25) is 5.91 Å². The van der Waals surface area contributed by atoms with Gasteiger partial charge in [0.1, 0.15) is 0 Å². The number of carbonyl (C=O) groups is 1. The molecule has 0 bridgehead atoms. The third kappa shape index (κ3) is 3.46. The van der Waals surface area contributed by atoms with E-state index in [1.807, 2.05) is 6.92 Å². The molecule has 4 heteroatoms. The monoisotopic (exact) mass is 228 g/mol. The van der Waals surface area contributed by atoms with Crippen molar-refractivity contribution in [1.82, 2.24) is 5.32 Å². The minimum atomic E-state index is -0.662. The summed E-state index contributed by atoms with van der Waals surface area (Å²) in [6.45, 7) is 4.61. The van der Waals surface area contributed by atoms with Crippen molar-refractivity contribution in [2.75, 3.05) is 13.7 Å². The molecule has 3 unspecified atom stereocenters. The van der Waals surface area contributed by atoms with Crippen LogP contribution in [0.15, 0.2) is 0 Å². The molecule has 94 valence electrons. The van der Waals surface area contributed by atoms with Gasteiger partial charge < -0.3 is 15.8 Å². The van der Waals surface area contributed by atoms with E-state index in [0.717, 1.165) is 19.3 Å². The van der Waals surface area contributed by atoms with Gasteiger partial charge >= 0.3 is 0 Å². The summed E-state index contributed by atoms with van der Waals surface area (Å²) < 4.78 is 5.09. The van der Waals surface area contributed by atoms with Crippen LogP contribution in [0.2, 0.25) is 0 Å². The first-order chi connectivity index (χ1) is 7.48. The molecule has 0 radical (unpaired) electrons. The lowest BCUT2D eigenvalue weighted by molar-refractivity contribution is -0.128. The second-order valence-electron chi connectivity index (χ2n) is 5.11. The highest BCUT2D eigenvalue weighted by Gasteiger charge is 2.37. The van der Waals surface area contributed by atoms with Crippen molar-refractivity contribution in [1.29, 1.82) is 0 Å². The average molecular weight is 228 g/mol. The summed E-state index contributed by atoms with van der Waals surface area (Å²) in [4.78, 5) is 12.0. The minimum Gasteiger partial charge on any atom is -0.380 e. The second kappa shape index (κ2) is 5.64. The summed E-state index contributed by atoms with van der Waals surface area (Å²) in [5, 5.41) is 2.88. The van der Waals surface area contributed by atoms with Crippen LogP contribution in [0.5, 0.6) is 0 Å². The second-order valence-corrected chi connectivity index (χ2v) is 5.11. The van der Waals surface area contributed by atoms with Crippen LogP contribution in [0.3, 0.4) is 0 Å². The Labute approximate surface area is 97.9 Å². The number of nitrogens with two attached hydrogens (primary N) is 1. The molecule has 1 fully saturated rings. The summed E-state index contributed by atoms with van der Waals surface area (Å²) in [6, 6.07) is 0. The molecule has 4 nitrogen and oxygen atoms in total. The maximum absolute atomic E-state index is 12.0. The molecule has 0 saturated heterocycles. The summed E-state index contributed by atoms with van der Waals surface area (Å²) in [5.74, 6) is 0.521. The Kier molecular flexibility index (Phi) is 4.74. The van der Waals surface area contributed by atoms with E-state index >= 15 is 0 Å². The molecular weight excluding hydrogens is 204 g/mol. The predicted octanol–water partition coefficient (Wildman–Crippen LogP) is 1.05. The average Bonchev–Trinajstić information content (AvgIpc) is 2.24. The van der Waals surface area contributed by atoms with Crippen molar-refractivity contribution < 1.29 is 9.53 Å². The van der Waals surface area contributed by atoms with E-state index in [2.05, 4.69) is 12.2 Å². The van der Waals surface area contributed by atoms with E-state index < -0.39 is 5.54 Å². The van der Waals surface area contributed by atoms with Crippen LogP contribution in [0.4, 0.5) is 0 Å². The fraction of sp³-hybridized carbons (Fsp3) is 0.917. The van der Waals surface area contributed by atoms with Gasteiger partial charge in [-0.25, -0.2) is 0 Å². The number of nitrogens with one attached hydrogen (secondary N) is 1. The quantitative estimate of drug-likeness (QED) is 0.756. The van der Waals surface area contributed by atoms with E-state index in [-0.39, 0.29) is 12.0 Å². The molecule has 0 aliphatic heterocycles. The van der Waals surface area contributed by atoms with Crippen LogP contribution in [-0.2, 0) is 9.53 Å². The maximum Gasteiger partial charge on any atom is 0.240 e. The molecule has 1 aliphatic rings. The molecule has 1 saturated carbocycles. The van der Waals surface area contributed by atoms with Gasteiger partial charge in [-0.2, -0.15) is 0 Å². The topological polar surface area (TPSA) is 64.3 Å². The minimum absolute atomic E-state index is 0.0250. The van der Waals surface area contributed by atoms with Gasteiger partial charge in [0.15, 0.2) is 0 Å². The lowest BCUT2D eigenvalue weighted by Gasteiger charge is -2.35. The number of hydrogen-bond acceptors (Lipinski definition) is 3. The van der Waals surface area contributed by atoms with Gasteiger partial charge in [-0.15, -0.1) is 0 Å². The first kappa shape index (κ1) is 13.5. The molecule has 0 aromatic rings. The fourth-order valence-corrected chi connectivity index (χ4v) is 2.29. The number of methoxy groups -OCH3 is 1. The Bertz CT molecular complexity index is 245. The fourth-order valence-electron chi connectivity index (χ4n) is 2.29. The molecule has 3 atom stereocenters. The van der Waals surface area contributed by atoms with Crippen LogP contribution < -0.4 is 11.1 Å². The third-order valence-electron chi connectivity index (χ3n) is 3.44. The van der Waals surface area contributed by atoms with Gasteiger partial charge in [0, 0.05) is 13.7 Å². The predicted molar refractivity (Wildman–Crippen MR) is 64.0 cm³/mol. The van der Waals surface area contributed by atoms with Gasteiger partial charge in [-0.1, -0.05) is 19.8 Å². The van der Waals surface area contributed by atoms with Crippen molar-refractivity contribution in [3.8, 4) is 0 Å². The van der Waals surface area contributed by atoms with Crippen LogP contribution in [0.25, 0.3) is 0 Å². The van der Waals surface area contributed by atoms with Crippen LogP contribution >= 0.6 is 0 Å². The van der Waals surface area contributed by atoms with Gasteiger partial charge in [0.05, 0.1) is 11.6 Å². The summed E-state index contributed by atoms with van der Waals surface area (Å²) >= 11 is 0. The van der Waals surface area contributed by atoms with Crippen LogP contribution in [-0.4, -0.2) is 31.2 Å². The van der Waals surface area contributed by atoms with E-state index in [1.165, 1.54) is 6.42 Å². The number of carbonyl (C=O) groups excluding carboxylic acids is 1. The van der Waals surface area contributed by atoms with Crippen molar-refractivity contribution in [3.05, 3.63) is 0 Å². The Hall–Kier alpha value is -0.610. The van der Waals surface area contributed by atoms with Gasteiger partial charge in [-0.3, -0.25) is 4.79 Å². The highest BCUT2D eigenvalue weighted by atomic mass is 16.5. The lowest BCUT2D eigenvalue weighted by atomic mass is 9.76. The zero-order valence-electron chi connectivity index (χ0n) is 10.6. The number of hydrogen-bond donors (Lipinski definition) is 2. The first-order valence-electron chi connectivity index (χ1n) is 6.08. The van der Waals surface area contributed by atoms with Gasteiger partial charge in [0.25, 0.3) is 0 Å². The highest BCUT2D eigenvalue weighted by molar-refractivity contribution is 5.86. The van der Waals surface area contributed by atoms with Crippen molar-refractivity contribution in [2.45, 2.75) is 51.2 Å². The first-order valence-corrected chi connectivity index (χ1v) is 6.08. The summed E-state index contributed by atoms with van der Waals surface area (Å²) in [6.07, 6.45) is 3.85.